The van der Waals surface area contributed by atoms with Gasteiger partial charge in [0.2, 0.25) is 10.0 Å². The molecule has 10 heteroatoms. The maximum atomic E-state index is 13.3. The number of nitrogens with one attached hydrogen (secondary N) is 1. The number of amides is 3. The van der Waals surface area contributed by atoms with Crippen molar-refractivity contribution in [1.82, 2.24) is 19.4 Å². The monoisotopic (exact) mass is 398 g/mol. The average molecular weight is 398 g/mol. The molecule has 1 aromatic carbocycles. The molecule has 148 valence electrons. The summed E-state index contributed by atoms with van der Waals surface area (Å²) in [5.41, 5.74) is 0. The van der Waals surface area contributed by atoms with E-state index in [-0.39, 0.29) is 30.6 Å². The quantitative estimate of drug-likeness (QED) is 0.717. The Morgan fingerprint density at radius 1 is 1.19 bits per heavy atom. The third kappa shape index (κ3) is 4.12. The summed E-state index contributed by atoms with van der Waals surface area (Å²) in [6.45, 7) is 3.26. The first kappa shape index (κ1) is 19.7. The molecule has 1 atom stereocenters. The number of piperazine rings is 1. The summed E-state index contributed by atoms with van der Waals surface area (Å²) < 4.78 is 39.9. The lowest BCUT2D eigenvalue weighted by molar-refractivity contribution is -0.129. The van der Waals surface area contributed by atoms with E-state index in [1.807, 2.05) is 11.8 Å². The minimum Gasteiger partial charge on any atom is -0.326 e. The highest BCUT2D eigenvalue weighted by molar-refractivity contribution is 7.89. The van der Waals surface area contributed by atoms with E-state index >= 15 is 0 Å². The summed E-state index contributed by atoms with van der Waals surface area (Å²) in [6, 6.07) is 4.05. The van der Waals surface area contributed by atoms with Gasteiger partial charge in [-0.25, -0.2) is 22.5 Å². The minimum atomic E-state index is -3.77. The van der Waals surface area contributed by atoms with E-state index in [9.17, 15) is 22.4 Å². The van der Waals surface area contributed by atoms with Crippen LogP contribution in [0.25, 0.3) is 0 Å². The standard InChI is InChI=1S/C17H23FN4O4S/c1-2-4-15-16(23)22(17(24)19-15)12-20-7-9-21(10-8-20)27(25,26)14-6-3-5-13(18)11-14/h3,5-6,11,15H,2,4,7-10,12H2,1H3,(H,19,24)/t15-/m1/s1. The Hall–Kier alpha value is -2.04. The Labute approximate surface area is 158 Å². The summed E-state index contributed by atoms with van der Waals surface area (Å²) in [4.78, 5) is 27.3. The molecule has 0 aliphatic carbocycles. The first-order valence-corrected chi connectivity index (χ1v) is 10.4. The lowest BCUT2D eigenvalue weighted by atomic mass is 10.2. The van der Waals surface area contributed by atoms with E-state index in [0.29, 0.717) is 19.5 Å². The van der Waals surface area contributed by atoms with E-state index in [4.69, 9.17) is 0 Å². The number of imide groups is 1. The molecular formula is C17H23FN4O4S. The number of hydrogen-bond donors (Lipinski definition) is 1. The van der Waals surface area contributed by atoms with Crippen molar-refractivity contribution in [3.05, 3.63) is 30.1 Å². The zero-order valence-electron chi connectivity index (χ0n) is 15.1. The van der Waals surface area contributed by atoms with Gasteiger partial charge in [-0.1, -0.05) is 19.4 Å². The molecule has 8 nitrogen and oxygen atoms in total. The number of carbonyl (C=O) groups excluding carboxylic acids is 2. The van der Waals surface area contributed by atoms with Crippen molar-refractivity contribution < 1.29 is 22.4 Å². The highest BCUT2D eigenvalue weighted by Crippen LogP contribution is 2.19. The van der Waals surface area contributed by atoms with Crippen LogP contribution in [-0.4, -0.2) is 73.4 Å². The van der Waals surface area contributed by atoms with Gasteiger partial charge in [0.05, 0.1) is 11.6 Å². The van der Waals surface area contributed by atoms with Crippen LogP contribution in [0, 0.1) is 5.82 Å². The Morgan fingerprint density at radius 3 is 2.52 bits per heavy atom. The maximum Gasteiger partial charge on any atom is 0.325 e. The summed E-state index contributed by atoms with van der Waals surface area (Å²) in [5.74, 6) is -0.841. The third-order valence-electron chi connectivity index (χ3n) is 4.79. The van der Waals surface area contributed by atoms with Gasteiger partial charge in [0.25, 0.3) is 5.91 Å². The molecule has 2 heterocycles. The Balaban J connectivity index is 1.59. The molecule has 0 unspecified atom stereocenters. The number of benzene rings is 1. The van der Waals surface area contributed by atoms with Gasteiger partial charge >= 0.3 is 6.03 Å². The van der Waals surface area contributed by atoms with Gasteiger partial charge in [-0.15, -0.1) is 0 Å². The second-order valence-corrected chi connectivity index (χ2v) is 8.62. The first-order valence-electron chi connectivity index (χ1n) is 8.93. The topological polar surface area (TPSA) is 90.0 Å². The molecule has 0 bridgehead atoms. The van der Waals surface area contributed by atoms with E-state index in [1.165, 1.54) is 27.4 Å². The molecule has 0 radical (unpaired) electrons. The number of nitrogens with zero attached hydrogens (tertiary/aromatic N) is 3. The van der Waals surface area contributed by atoms with Gasteiger partial charge in [-0.05, 0) is 24.6 Å². The molecule has 27 heavy (non-hydrogen) atoms. The highest BCUT2D eigenvalue weighted by atomic mass is 32.2. The van der Waals surface area contributed by atoms with Crippen LogP contribution in [-0.2, 0) is 14.8 Å². The average Bonchev–Trinajstić information content (AvgIpc) is 2.90. The molecule has 0 saturated carbocycles. The third-order valence-corrected chi connectivity index (χ3v) is 6.69. The Morgan fingerprint density at radius 2 is 1.89 bits per heavy atom. The predicted molar refractivity (Wildman–Crippen MR) is 95.7 cm³/mol. The molecule has 1 aromatic rings. The van der Waals surface area contributed by atoms with Crippen LogP contribution in [0.15, 0.2) is 29.2 Å². The molecule has 2 saturated heterocycles. The Kier molecular flexibility index (Phi) is 5.78. The second-order valence-electron chi connectivity index (χ2n) is 6.68. The molecule has 3 rings (SSSR count). The van der Waals surface area contributed by atoms with Crippen molar-refractivity contribution in [1.29, 1.82) is 0 Å². The zero-order chi connectivity index (χ0) is 19.6. The number of halogens is 1. The minimum absolute atomic E-state index is 0.0764. The van der Waals surface area contributed by atoms with Crippen LogP contribution in [0.2, 0.25) is 0 Å². The predicted octanol–water partition coefficient (Wildman–Crippen LogP) is 0.810. The molecule has 2 fully saturated rings. The van der Waals surface area contributed by atoms with Gasteiger partial charge < -0.3 is 5.32 Å². The summed E-state index contributed by atoms with van der Waals surface area (Å²) in [6.07, 6.45) is 1.39. The van der Waals surface area contributed by atoms with Gasteiger partial charge in [-0.2, -0.15) is 4.31 Å². The van der Waals surface area contributed by atoms with E-state index in [2.05, 4.69) is 5.32 Å². The molecule has 0 spiro atoms. The molecule has 1 N–H and O–H groups in total. The van der Waals surface area contributed by atoms with Crippen molar-refractivity contribution in [3.8, 4) is 0 Å². The number of carbonyl (C=O) groups is 2. The fourth-order valence-corrected chi connectivity index (χ4v) is 4.74. The van der Waals surface area contributed by atoms with E-state index in [1.54, 1.807) is 0 Å². The molecule has 2 aliphatic rings. The van der Waals surface area contributed by atoms with E-state index < -0.39 is 27.9 Å². The van der Waals surface area contributed by atoms with Crippen LogP contribution in [0.4, 0.5) is 9.18 Å². The molecule has 3 amide bonds. The molecule has 2 aliphatic heterocycles. The van der Waals surface area contributed by atoms with Crippen molar-refractivity contribution in [3.63, 3.8) is 0 Å². The van der Waals surface area contributed by atoms with Gasteiger partial charge in [0.15, 0.2) is 0 Å². The van der Waals surface area contributed by atoms with Gasteiger partial charge in [-0.3, -0.25) is 9.69 Å². The van der Waals surface area contributed by atoms with Gasteiger partial charge in [0, 0.05) is 26.2 Å². The highest BCUT2D eigenvalue weighted by Gasteiger charge is 2.39. The summed E-state index contributed by atoms with van der Waals surface area (Å²) >= 11 is 0. The first-order chi connectivity index (χ1) is 12.8. The van der Waals surface area contributed by atoms with Crippen LogP contribution < -0.4 is 5.32 Å². The van der Waals surface area contributed by atoms with Gasteiger partial charge in [0.1, 0.15) is 11.9 Å². The Bertz CT molecular complexity index is 824. The number of urea groups is 1. The zero-order valence-corrected chi connectivity index (χ0v) is 15.9. The van der Waals surface area contributed by atoms with Crippen LogP contribution >= 0.6 is 0 Å². The smallest absolute Gasteiger partial charge is 0.325 e. The van der Waals surface area contributed by atoms with Crippen molar-refractivity contribution in [2.24, 2.45) is 0 Å². The largest absolute Gasteiger partial charge is 0.326 e. The lowest BCUT2D eigenvalue weighted by Crippen LogP contribution is -2.52. The number of sulfonamides is 1. The summed E-state index contributed by atoms with van der Waals surface area (Å²) in [5, 5.41) is 2.67. The molecule has 0 aromatic heterocycles. The maximum absolute atomic E-state index is 13.3. The summed E-state index contributed by atoms with van der Waals surface area (Å²) in [7, 11) is -3.77. The normalized spacial score (nSPS) is 22.3. The van der Waals surface area contributed by atoms with Crippen molar-refractivity contribution >= 4 is 22.0 Å². The number of hydrogen-bond acceptors (Lipinski definition) is 5. The SMILES string of the molecule is CCC[C@H]1NC(=O)N(CN2CCN(S(=O)(=O)c3cccc(F)c3)CC2)C1=O. The lowest BCUT2D eigenvalue weighted by Gasteiger charge is -2.35. The van der Waals surface area contributed by atoms with Crippen LogP contribution in [0.1, 0.15) is 19.8 Å². The second kappa shape index (κ2) is 7.91. The van der Waals surface area contributed by atoms with Crippen LogP contribution in [0.5, 0.6) is 0 Å². The van der Waals surface area contributed by atoms with Crippen molar-refractivity contribution in [2.45, 2.75) is 30.7 Å². The fraction of sp³-hybridized carbons (Fsp3) is 0.529. The van der Waals surface area contributed by atoms with Crippen molar-refractivity contribution in [2.75, 3.05) is 32.8 Å². The van der Waals surface area contributed by atoms with Crippen LogP contribution in [0.3, 0.4) is 0 Å². The molecular weight excluding hydrogens is 375 g/mol. The fourth-order valence-electron chi connectivity index (χ4n) is 3.28. The number of rotatable bonds is 6. The van der Waals surface area contributed by atoms with E-state index in [0.717, 1.165) is 12.5 Å².